The number of likely N-dealkylation sites (tertiary alicyclic amines) is 1. The van der Waals surface area contributed by atoms with Crippen molar-refractivity contribution in [3.05, 3.63) is 40.3 Å². The van der Waals surface area contributed by atoms with Crippen LogP contribution in [0.5, 0.6) is 0 Å². The first-order valence-electron chi connectivity index (χ1n) is 7.90. The second-order valence-corrected chi connectivity index (χ2v) is 6.83. The third kappa shape index (κ3) is 3.24. The van der Waals surface area contributed by atoms with Crippen LogP contribution in [0.4, 0.5) is 0 Å². The van der Waals surface area contributed by atoms with E-state index >= 15 is 0 Å². The molecule has 1 unspecified atom stereocenters. The minimum absolute atomic E-state index is 0.746. The second-order valence-electron chi connectivity index (χ2n) is 6.29. The topological polar surface area (TPSA) is 15.6 Å². The zero-order chi connectivity index (χ0) is 14.8. The summed E-state index contributed by atoms with van der Waals surface area (Å²) in [6, 6.07) is 9.26. The molecule has 2 nitrogen and oxygen atoms in total. The predicted molar refractivity (Wildman–Crippen MR) is 94.0 cm³/mol. The molecule has 1 aliphatic heterocycles. The van der Waals surface area contributed by atoms with E-state index in [2.05, 4.69) is 55.8 Å². The molecule has 0 amide bonds. The van der Waals surface area contributed by atoms with Gasteiger partial charge in [0.25, 0.3) is 0 Å². The van der Waals surface area contributed by atoms with Gasteiger partial charge in [-0.3, -0.25) is 4.99 Å². The highest BCUT2D eigenvalue weighted by molar-refractivity contribution is 7.84. The third-order valence-corrected chi connectivity index (χ3v) is 5.09. The average molecular weight is 300 g/mol. The van der Waals surface area contributed by atoms with Crippen molar-refractivity contribution < 1.29 is 0 Å². The van der Waals surface area contributed by atoms with E-state index < -0.39 is 0 Å². The summed E-state index contributed by atoms with van der Waals surface area (Å²) in [5.74, 6) is 0. The predicted octanol–water partition coefficient (Wildman–Crippen LogP) is 4.18. The molecule has 0 aromatic heterocycles. The lowest BCUT2D eigenvalue weighted by molar-refractivity contribution is 0.299. The molecule has 2 aliphatic rings. The molecule has 0 radical (unpaired) electrons. The van der Waals surface area contributed by atoms with Crippen LogP contribution < -0.4 is 0 Å². The molecule has 1 fully saturated rings. The van der Waals surface area contributed by atoms with Gasteiger partial charge in [0.15, 0.2) is 0 Å². The van der Waals surface area contributed by atoms with Gasteiger partial charge in [0.1, 0.15) is 0 Å². The number of rotatable bonds is 4. The fourth-order valence-electron chi connectivity index (χ4n) is 3.42. The molecule has 3 rings (SSSR count). The lowest BCUT2D eigenvalue weighted by Gasteiger charge is -2.19. The Kier molecular flexibility index (Phi) is 4.51. The maximum atomic E-state index is 4.89. The zero-order valence-electron chi connectivity index (χ0n) is 13.0. The Labute approximate surface area is 133 Å². The van der Waals surface area contributed by atoms with Crippen molar-refractivity contribution in [2.45, 2.75) is 45.1 Å². The van der Waals surface area contributed by atoms with E-state index in [4.69, 9.17) is 4.99 Å². The largest absolute Gasteiger partial charge is 0.303 e. The second kappa shape index (κ2) is 6.37. The maximum Gasteiger partial charge on any atom is 0.0799 e. The smallest absolute Gasteiger partial charge is 0.0799 e. The van der Waals surface area contributed by atoms with Crippen LogP contribution >= 0.6 is 12.6 Å². The summed E-state index contributed by atoms with van der Waals surface area (Å²) in [6.07, 6.45) is 5.92. The zero-order valence-corrected chi connectivity index (χ0v) is 13.9. The molecule has 1 saturated heterocycles. The first-order chi connectivity index (χ1) is 10.1. The van der Waals surface area contributed by atoms with Crippen LogP contribution in [0, 0.1) is 0 Å². The molecular formula is C18H24N2S. The van der Waals surface area contributed by atoms with Crippen LogP contribution in [0.1, 0.15) is 43.7 Å². The van der Waals surface area contributed by atoms with Gasteiger partial charge in [-0.1, -0.05) is 24.3 Å². The molecule has 1 aromatic rings. The number of nitrogens with zero attached hydrogens (tertiary/aromatic N) is 2. The van der Waals surface area contributed by atoms with Gasteiger partial charge in [-0.25, -0.2) is 0 Å². The number of hydrogen-bond acceptors (Lipinski definition) is 3. The molecule has 1 atom stereocenters. The SMILES string of the molecule is CC(CCC1CCCN1C)=NC1=C(S)Cc2ccccc21. The fraction of sp³-hybridized carbons (Fsp3) is 0.500. The van der Waals surface area contributed by atoms with E-state index in [0.717, 1.165) is 29.5 Å². The van der Waals surface area contributed by atoms with Gasteiger partial charge in [-0.2, -0.15) is 0 Å². The van der Waals surface area contributed by atoms with E-state index in [9.17, 15) is 0 Å². The van der Waals surface area contributed by atoms with Crippen LogP contribution in [0.25, 0.3) is 5.70 Å². The van der Waals surface area contributed by atoms with Gasteiger partial charge in [0.2, 0.25) is 0 Å². The maximum absolute atomic E-state index is 4.89. The molecule has 0 bridgehead atoms. The van der Waals surface area contributed by atoms with Crippen molar-refractivity contribution in [1.82, 2.24) is 4.90 Å². The highest BCUT2D eigenvalue weighted by Crippen LogP contribution is 2.35. The van der Waals surface area contributed by atoms with Crippen molar-refractivity contribution in [3.8, 4) is 0 Å². The Hall–Kier alpha value is -1.06. The minimum atomic E-state index is 0.746. The van der Waals surface area contributed by atoms with Crippen molar-refractivity contribution >= 4 is 24.0 Å². The van der Waals surface area contributed by atoms with Crippen LogP contribution in [0.15, 0.2) is 34.2 Å². The molecule has 1 aromatic carbocycles. The third-order valence-electron chi connectivity index (χ3n) is 4.72. The Morgan fingerprint density at radius 2 is 2.19 bits per heavy atom. The molecule has 0 N–H and O–H groups in total. The van der Waals surface area contributed by atoms with Crippen molar-refractivity contribution in [2.24, 2.45) is 4.99 Å². The average Bonchev–Trinajstić information content (AvgIpc) is 3.01. The summed E-state index contributed by atoms with van der Waals surface area (Å²) in [5, 5.41) is 0. The number of allylic oxidation sites excluding steroid dienone is 1. The Morgan fingerprint density at radius 1 is 1.38 bits per heavy atom. The molecule has 0 saturated carbocycles. The van der Waals surface area contributed by atoms with Gasteiger partial charge >= 0.3 is 0 Å². The summed E-state index contributed by atoms with van der Waals surface area (Å²) in [6.45, 7) is 3.41. The normalized spacial score (nSPS) is 23.0. The monoisotopic (exact) mass is 300 g/mol. The molecule has 21 heavy (non-hydrogen) atoms. The molecule has 112 valence electrons. The van der Waals surface area contributed by atoms with Crippen molar-refractivity contribution in [2.75, 3.05) is 13.6 Å². The fourth-order valence-corrected chi connectivity index (χ4v) is 3.76. The lowest BCUT2D eigenvalue weighted by atomic mass is 10.1. The molecule has 3 heteroatoms. The Bertz CT molecular complexity index is 589. The first-order valence-corrected chi connectivity index (χ1v) is 8.34. The van der Waals surface area contributed by atoms with Crippen LogP contribution in [0.3, 0.4) is 0 Å². The quantitative estimate of drug-likeness (QED) is 0.651. The number of benzene rings is 1. The van der Waals surface area contributed by atoms with Gasteiger partial charge in [-0.15, -0.1) is 12.6 Å². The number of fused-ring (bicyclic) bond motifs is 1. The van der Waals surface area contributed by atoms with Crippen LogP contribution in [-0.4, -0.2) is 30.2 Å². The van der Waals surface area contributed by atoms with E-state index in [-0.39, 0.29) is 0 Å². The Morgan fingerprint density at radius 3 is 2.95 bits per heavy atom. The van der Waals surface area contributed by atoms with E-state index in [1.165, 1.54) is 42.6 Å². The van der Waals surface area contributed by atoms with Crippen LogP contribution in [0.2, 0.25) is 0 Å². The van der Waals surface area contributed by atoms with E-state index in [0.29, 0.717) is 0 Å². The van der Waals surface area contributed by atoms with E-state index in [1.807, 2.05) is 0 Å². The number of thiol groups is 1. The summed E-state index contributed by atoms with van der Waals surface area (Å²) >= 11 is 4.64. The summed E-state index contributed by atoms with van der Waals surface area (Å²) in [7, 11) is 2.24. The lowest BCUT2D eigenvalue weighted by Crippen LogP contribution is -2.25. The van der Waals surface area contributed by atoms with Crippen molar-refractivity contribution in [3.63, 3.8) is 0 Å². The van der Waals surface area contributed by atoms with Gasteiger partial charge in [-0.05, 0) is 51.8 Å². The summed E-state index contributed by atoms with van der Waals surface area (Å²) in [5.41, 5.74) is 4.93. The number of aliphatic imine (C=N–C) groups is 1. The molecule has 1 aliphatic carbocycles. The molecular weight excluding hydrogens is 276 g/mol. The highest BCUT2D eigenvalue weighted by Gasteiger charge is 2.21. The molecule has 0 spiro atoms. The highest BCUT2D eigenvalue weighted by atomic mass is 32.1. The number of hydrogen-bond donors (Lipinski definition) is 1. The van der Waals surface area contributed by atoms with Gasteiger partial charge in [0, 0.05) is 28.6 Å². The molecule has 1 heterocycles. The van der Waals surface area contributed by atoms with Crippen molar-refractivity contribution in [1.29, 1.82) is 0 Å². The minimum Gasteiger partial charge on any atom is -0.303 e. The first kappa shape index (κ1) is 14.9. The van der Waals surface area contributed by atoms with Gasteiger partial charge < -0.3 is 4.90 Å². The summed E-state index contributed by atoms with van der Waals surface area (Å²) < 4.78 is 0. The summed E-state index contributed by atoms with van der Waals surface area (Å²) in [4.78, 5) is 8.48. The van der Waals surface area contributed by atoms with Gasteiger partial charge in [0.05, 0.1) is 5.70 Å². The van der Waals surface area contributed by atoms with Crippen LogP contribution in [-0.2, 0) is 6.42 Å². The Balaban J connectivity index is 1.68. The van der Waals surface area contributed by atoms with E-state index in [1.54, 1.807) is 0 Å². The standard InChI is InChI=1S/C18H24N2S/c1-13(9-10-15-7-5-11-20(15)2)19-18-16-8-4-3-6-14(16)12-17(18)21/h3-4,6,8,15,21H,5,7,9-12H2,1-2H3.